The van der Waals surface area contributed by atoms with Crippen molar-refractivity contribution < 1.29 is 54.4 Å². The maximum absolute atomic E-state index is 15.3. The zero-order valence-corrected chi connectivity index (χ0v) is 22.1. The van der Waals surface area contributed by atoms with E-state index in [1.165, 1.54) is 17.8 Å². The third kappa shape index (κ3) is 6.65. The minimum atomic E-state index is -4.97. The lowest BCUT2D eigenvalue weighted by atomic mass is 9.98. The van der Waals surface area contributed by atoms with Crippen LogP contribution in [-0.2, 0) is 51.7 Å². The molecule has 36 heavy (non-hydrogen) atoms. The highest BCUT2D eigenvalue weighted by Gasteiger charge is 2.48. The summed E-state index contributed by atoms with van der Waals surface area (Å²) < 4.78 is 86.4. The van der Waals surface area contributed by atoms with Gasteiger partial charge in [0, 0.05) is 27.8 Å². The van der Waals surface area contributed by atoms with E-state index in [1.54, 1.807) is 0 Å². The smallest absolute Gasteiger partial charge is 0.369 e. The Morgan fingerprint density at radius 1 is 1.25 bits per heavy atom. The Bertz CT molecular complexity index is 1300. The lowest BCUT2D eigenvalue weighted by molar-refractivity contribution is -0.0232. The molecule has 3 heterocycles. The molecule has 1 fully saturated rings. The standard InChI is InChI=1S/C15H25FN5O12P3/c1-15(16)5-9(7-30-35(25,28-3)33-36(26,29-4)32-34(23,24)27-2)31-10(15)6-21-8-18-11-12(21)19-14(17)20-13(11)22/h8-10H,5-7H2,1-4H3,(H,23,24)(H3,17,19,20,22)/t9-,10-,15+,35?,36?/m0/s1. The maximum atomic E-state index is 15.3. The first-order chi connectivity index (χ1) is 16.6. The van der Waals surface area contributed by atoms with Crippen LogP contribution in [0, 0.1) is 0 Å². The number of hydrogen-bond acceptors (Lipinski definition) is 14. The van der Waals surface area contributed by atoms with Crippen LogP contribution in [0.4, 0.5) is 10.3 Å². The van der Waals surface area contributed by atoms with Crippen LogP contribution < -0.4 is 11.3 Å². The van der Waals surface area contributed by atoms with Crippen LogP contribution in [0.1, 0.15) is 13.3 Å². The number of H-pyrrole nitrogens is 1. The van der Waals surface area contributed by atoms with Crippen molar-refractivity contribution in [2.24, 2.45) is 0 Å². The van der Waals surface area contributed by atoms with E-state index in [0.717, 1.165) is 21.3 Å². The fraction of sp³-hybridized carbons (Fsp3) is 0.667. The number of aromatic nitrogens is 4. The first-order valence-corrected chi connectivity index (χ1v) is 14.4. The number of rotatable bonds is 12. The fourth-order valence-corrected chi connectivity index (χ4v) is 7.35. The van der Waals surface area contributed by atoms with Crippen LogP contribution in [0.3, 0.4) is 0 Å². The molecule has 0 amide bonds. The molecule has 2 aromatic heterocycles. The molecule has 0 spiro atoms. The molecule has 0 saturated carbocycles. The molecular formula is C15H25FN5O12P3. The van der Waals surface area contributed by atoms with E-state index in [0.29, 0.717) is 0 Å². The predicted molar refractivity (Wildman–Crippen MR) is 120 cm³/mol. The van der Waals surface area contributed by atoms with Gasteiger partial charge >= 0.3 is 23.5 Å². The van der Waals surface area contributed by atoms with Crippen molar-refractivity contribution in [1.82, 2.24) is 19.5 Å². The molecule has 1 aliphatic heterocycles. The van der Waals surface area contributed by atoms with Gasteiger partial charge in [-0.2, -0.15) is 13.6 Å². The number of hydrogen-bond donors (Lipinski definition) is 3. The van der Waals surface area contributed by atoms with Gasteiger partial charge < -0.3 is 19.9 Å². The van der Waals surface area contributed by atoms with E-state index < -0.39 is 53.5 Å². The summed E-state index contributed by atoms with van der Waals surface area (Å²) in [6.45, 7) is 0.597. The second-order valence-electron chi connectivity index (χ2n) is 7.62. The normalized spacial score (nSPS) is 27.5. The van der Waals surface area contributed by atoms with Crippen molar-refractivity contribution in [3.8, 4) is 0 Å². The quantitative estimate of drug-likeness (QED) is 0.305. The van der Waals surface area contributed by atoms with Gasteiger partial charge in [0.05, 0.1) is 25.6 Å². The van der Waals surface area contributed by atoms with Gasteiger partial charge in [-0.05, 0) is 6.92 Å². The van der Waals surface area contributed by atoms with Crippen LogP contribution in [0.25, 0.3) is 11.2 Å². The number of anilines is 1. The van der Waals surface area contributed by atoms with Crippen LogP contribution in [0.2, 0.25) is 0 Å². The number of alkyl halides is 1. The van der Waals surface area contributed by atoms with Gasteiger partial charge in [0.25, 0.3) is 5.56 Å². The number of imidazole rings is 1. The van der Waals surface area contributed by atoms with Gasteiger partial charge in [-0.15, -0.1) is 0 Å². The topological polar surface area (TPSA) is 226 Å². The van der Waals surface area contributed by atoms with E-state index in [4.69, 9.17) is 15.0 Å². The summed E-state index contributed by atoms with van der Waals surface area (Å²) in [5.74, 6) is -0.147. The van der Waals surface area contributed by atoms with Gasteiger partial charge in [0.1, 0.15) is 11.8 Å². The average molecular weight is 579 g/mol. The summed E-state index contributed by atoms with van der Waals surface area (Å²) in [6, 6.07) is 0. The molecule has 17 nitrogen and oxygen atoms in total. The summed E-state index contributed by atoms with van der Waals surface area (Å²) in [4.78, 5) is 31.6. The van der Waals surface area contributed by atoms with Crippen molar-refractivity contribution in [3.63, 3.8) is 0 Å². The van der Waals surface area contributed by atoms with Gasteiger partial charge in [-0.1, -0.05) is 0 Å². The van der Waals surface area contributed by atoms with E-state index >= 15 is 4.39 Å². The summed E-state index contributed by atoms with van der Waals surface area (Å²) in [5, 5.41) is 0. The van der Waals surface area contributed by atoms with Crippen molar-refractivity contribution >= 4 is 40.6 Å². The van der Waals surface area contributed by atoms with Crippen molar-refractivity contribution in [2.75, 3.05) is 33.7 Å². The van der Waals surface area contributed by atoms with Crippen LogP contribution in [-0.4, -0.2) is 70.2 Å². The lowest BCUT2D eigenvalue weighted by Gasteiger charge is -2.22. The monoisotopic (exact) mass is 579 g/mol. The highest BCUT2D eigenvalue weighted by molar-refractivity contribution is 7.67. The SMILES string of the molecule is COP(=O)(O)OP(=O)(OC)OP(=O)(OC)OC[C@@H]1C[C@@](C)(F)[C@H](Cn2cnc3c(=O)[nH]c(N)nc32)O1. The Kier molecular flexibility index (Phi) is 8.60. The van der Waals surface area contributed by atoms with Crippen LogP contribution >= 0.6 is 23.5 Å². The fourth-order valence-electron chi connectivity index (χ4n) is 3.26. The Balaban J connectivity index is 1.69. The van der Waals surface area contributed by atoms with Gasteiger partial charge in [0.2, 0.25) is 5.95 Å². The molecule has 0 bridgehead atoms. The summed E-state index contributed by atoms with van der Waals surface area (Å²) in [6.07, 6.45) is -1.01. The Morgan fingerprint density at radius 2 is 1.92 bits per heavy atom. The molecule has 0 aromatic carbocycles. The number of nitrogen functional groups attached to an aromatic ring is 1. The maximum Gasteiger partial charge on any atom is 0.492 e. The van der Waals surface area contributed by atoms with E-state index in [-0.39, 0.29) is 30.1 Å². The molecule has 3 rings (SSSR count). The molecule has 4 N–H and O–H groups in total. The number of phosphoric ester groups is 2. The minimum Gasteiger partial charge on any atom is -0.369 e. The van der Waals surface area contributed by atoms with Gasteiger partial charge in [-0.25, -0.2) is 23.1 Å². The van der Waals surface area contributed by atoms with E-state index in [9.17, 15) is 23.4 Å². The van der Waals surface area contributed by atoms with Crippen LogP contribution in [0.5, 0.6) is 0 Å². The first-order valence-electron chi connectivity index (χ1n) is 9.97. The number of nitrogens with zero attached hydrogens (tertiary/aromatic N) is 3. The highest BCUT2D eigenvalue weighted by Crippen LogP contribution is 2.71. The third-order valence-electron chi connectivity index (χ3n) is 5.01. The molecule has 0 aliphatic carbocycles. The number of halogens is 1. The van der Waals surface area contributed by atoms with Gasteiger partial charge in [0.15, 0.2) is 11.2 Å². The minimum absolute atomic E-state index is 0.00603. The Labute approximate surface area is 203 Å². The molecule has 21 heteroatoms. The number of ether oxygens (including phenoxy) is 1. The van der Waals surface area contributed by atoms with Gasteiger partial charge in [-0.3, -0.25) is 27.9 Å². The molecule has 1 saturated heterocycles. The van der Waals surface area contributed by atoms with E-state index in [2.05, 4.69) is 37.1 Å². The predicted octanol–water partition coefficient (Wildman–Crippen LogP) is 1.89. The molecule has 3 unspecified atom stereocenters. The molecule has 6 atom stereocenters. The molecule has 2 aromatic rings. The van der Waals surface area contributed by atoms with Crippen molar-refractivity contribution in [2.45, 2.75) is 37.8 Å². The first kappa shape index (κ1) is 29.0. The Morgan fingerprint density at radius 3 is 2.53 bits per heavy atom. The second-order valence-corrected chi connectivity index (χ2v) is 13.0. The van der Waals surface area contributed by atoms with Crippen LogP contribution in [0.15, 0.2) is 11.1 Å². The lowest BCUT2D eigenvalue weighted by Crippen LogP contribution is -2.33. The molecule has 0 radical (unpaired) electrons. The van der Waals surface area contributed by atoms with Crippen molar-refractivity contribution in [1.29, 1.82) is 0 Å². The third-order valence-corrected chi connectivity index (χ3v) is 10.1. The number of aromatic amines is 1. The molecular weight excluding hydrogens is 554 g/mol. The van der Waals surface area contributed by atoms with Crippen molar-refractivity contribution in [3.05, 3.63) is 16.7 Å². The number of nitrogens with one attached hydrogen (secondary N) is 1. The second kappa shape index (κ2) is 10.7. The highest BCUT2D eigenvalue weighted by atomic mass is 31.3. The average Bonchev–Trinajstić information content (AvgIpc) is 3.32. The zero-order valence-electron chi connectivity index (χ0n) is 19.4. The Hall–Kier alpha value is -1.55. The molecule has 204 valence electrons. The summed E-state index contributed by atoms with van der Waals surface area (Å²) >= 11 is 0. The van der Waals surface area contributed by atoms with E-state index in [1.807, 2.05) is 0 Å². The number of nitrogens with two attached hydrogens (primary N) is 1. The molecule has 1 aliphatic rings. The largest absolute Gasteiger partial charge is 0.492 e. The number of fused-ring (bicyclic) bond motifs is 1. The summed E-state index contributed by atoms with van der Waals surface area (Å²) in [5.41, 5.74) is 3.23. The number of phosphoric acid groups is 3. The zero-order chi connectivity index (χ0) is 26.9. The summed E-state index contributed by atoms with van der Waals surface area (Å²) in [7, 11) is -12.1.